The van der Waals surface area contributed by atoms with Crippen LogP contribution in [0.15, 0.2) is 53.8 Å². The third kappa shape index (κ3) is 7.57. The third-order valence-corrected chi connectivity index (χ3v) is 5.33. The fraction of sp³-hybridized carbons (Fsp3) is 0.346. The number of methoxy groups -OCH3 is 1. The van der Waals surface area contributed by atoms with Crippen molar-refractivity contribution < 1.29 is 14.3 Å². The summed E-state index contributed by atoms with van der Waals surface area (Å²) in [4.78, 5) is 26.3. The molecular weight excluding hydrogens is 444 g/mol. The van der Waals surface area contributed by atoms with E-state index in [0.717, 1.165) is 39.9 Å². The van der Waals surface area contributed by atoms with Crippen LogP contribution in [0.4, 0.5) is 0 Å². The fourth-order valence-corrected chi connectivity index (χ4v) is 3.33. The van der Waals surface area contributed by atoms with Crippen LogP contribution in [-0.2, 0) is 20.9 Å². The highest BCUT2D eigenvalue weighted by atomic mass is 16.5. The Hall–Kier alpha value is -3.87. The number of primary amides is 1. The predicted molar refractivity (Wildman–Crippen MR) is 138 cm³/mol. The van der Waals surface area contributed by atoms with E-state index >= 15 is 0 Å². The van der Waals surface area contributed by atoms with Crippen molar-refractivity contribution in [3.8, 4) is 11.8 Å². The number of ether oxygens (including phenoxy) is 1. The molecule has 0 saturated carbocycles. The summed E-state index contributed by atoms with van der Waals surface area (Å²) in [6.07, 6.45) is 3.65. The number of nitrogens with zero attached hydrogens (tertiary/aromatic N) is 3. The lowest BCUT2D eigenvalue weighted by Crippen LogP contribution is -2.37. The van der Waals surface area contributed by atoms with E-state index in [0.29, 0.717) is 12.3 Å². The summed E-state index contributed by atoms with van der Waals surface area (Å²) in [7, 11) is 9.02. The average molecular weight is 479 g/mol. The molecule has 0 radical (unpaired) electrons. The van der Waals surface area contributed by atoms with Crippen LogP contribution in [0.1, 0.15) is 18.2 Å². The lowest BCUT2D eigenvalue weighted by atomic mass is 10.1. The number of allylic oxidation sites excluding steroid dienone is 1. The molecule has 9 nitrogen and oxygen atoms in total. The van der Waals surface area contributed by atoms with Crippen LogP contribution in [0, 0.1) is 11.8 Å². The van der Waals surface area contributed by atoms with Crippen LogP contribution >= 0.6 is 0 Å². The number of nitrogens with one attached hydrogen (secondary N) is 2. The first-order chi connectivity index (χ1) is 16.6. The summed E-state index contributed by atoms with van der Waals surface area (Å²) in [6, 6.07) is 5.15. The fourth-order valence-electron chi connectivity index (χ4n) is 3.33. The van der Waals surface area contributed by atoms with E-state index < -0.39 is 11.9 Å². The Labute approximate surface area is 206 Å². The van der Waals surface area contributed by atoms with Gasteiger partial charge in [0, 0.05) is 36.7 Å². The maximum Gasteiger partial charge on any atom is 0.249 e. The lowest BCUT2D eigenvalue weighted by Gasteiger charge is -2.07. The Bertz CT molecular complexity index is 1210. The van der Waals surface area contributed by atoms with Gasteiger partial charge in [0.2, 0.25) is 11.8 Å². The van der Waals surface area contributed by atoms with Crippen molar-refractivity contribution in [3.63, 3.8) is 0 Å². The van der Waals surface area contributed by atoms with Gasteiger partial charge in [0.25, 0.3) is 0 Å². The molecule has 1 aliphatic heterocycles. The van der Waals surface area contributed by atoms with Crippen molar-refractivity contribution in [2.24, 2.45) is 5.73 Å². The smallest absolute Gasteiger partial charge is 0.249 e. The first kappa shape index (κ1) is 27.4. The van der Waals surface area contributed by atoms with Gasteiger partial charge in [0.15, 0.2) is 0 Å². The Balaban J connectivity index is 0.000000269. The molecule has 0 spiro atoms. The first-order valence-corrected chi connectivity index (χ1v) is 11.0. The number of fused-ring (bicyclic) bond motifs is 1. The predicted octanol–water partition coefficient (Wildman–Crippen LogP) is 1.54. The number of hydrogen-bond acceptors (Lipinski definition) is 6. The number of benzene rings is 1. The van der Waals surface area contributed by atoms with Crippen LogP contribution in [0.2, 0.25) is 0 Å². The summed E-state index contributed by atoms with van der Waals surface area (Å²) < 4.78 is 4.90. The van der Waals surface area contributed by atoms with Gasteiger partial charge < -0.3 is 20.3 Å². The van der Waals surface area contributed by atoms with Crippen molar-refractivity contribution in [1.82, 2.24) is 25.3 Å². The van der Waals surface area contributed by atoms with Gasteiger partial charge in [-0.1, -0.05) is 24.5 Å². The third-order valence-electron chi connectivity index (χ3n) is 5.33. The molecule has 1 atom stereocenters. The highest BCUT2D eigenvalue weighted by molar-refractivity contribution is 5.96. The summed E-state index contributed by atoms with van der Waals surface area (Å²) in [5.41, 5.74) is 9.78. The van der Waals surface area contributed by atoms with Crippen molar-refractivity contribution >= 4 is 22.7 Å². The molecule has 35 heavy (non-hydrogen) atoms. The van der Waals surface area contributed by atoms with E-state index in [9.17, 15) is 9.59 Å². The number of aromatic amines is 1. The standard InChI is InChI=1S/C15H19N5O.C11H15NO2/c1-17-12(15(16)21)7-5-10-4-6-11-13(8-10)18-19-14(11)9-20(2)3;1-8(14-4)5-6-10-7-12(3)11(13)9(10)2/h4,6,8,12,17H,9H2,1-3H3,(H2,16,21)(H,18,19);5-6H,1,7H2,2-4H3/b;6-5-/t12-;/m0./s1. The maximum absolute atomic E-state index is 11.4. The van der Waals surface area contributed by atoms with Crippen LogP contribution < -0.4 is 11.1 Å². The molecule has 9 heteroatoms. The Morgan fingerprint density at radius 3 is 2.71 bits per heavy atom. The van der Waals surface area contributed by atoms with Crippen molar-refractivity contribution in [3.05, 3.63) is 65.1 Å². The highest BCUT2D eigenvalue weighted by Gasteiger charge is 2.22. The van der Waals surface area contributed by atoms with Gasteiger partial charge in [0.05, 0.1) is 18.3 Å². The summed E-state index contributed by atoms with van der Waals surface area (Å²) >= 11 is 0. The van der Waals surface area contributed by atoms with Gasteiger partial charge in [-0.3, -0.25) is 20.0 Å². The largest absolute Gasteiger partial charge is 0.497 e. The number of H-pyrrole nitrogens is 1. The number of rotatable bonds is 7. The second-order valence-corrected chi connectivity index (χ2v) is 8.38. The molecule has 1 aliphatic rings. The number of aromatic nitrogens is 2. The van der Waals surface area contributed by atoms with Crippen molar-refractivity contribution in [2.75, 3.05) is 41.8 Å². The van der Waals surface area contributed by atoms with E-state index in [2.05, 4.69) is 38.8 Å². The summed E-state index contributed by atoms with van der Waals surface area (Å²) in [5.74, 6) is 5.94. The van der Waals surface area contributed by atoms with E-state index in [1.165, 1.54) is 0 Å². The molecule has 2 heterocycles. The summed E-state index contributed by atoms with van der Waals surface area (Å²) in [6.45, 7) is 6.96. The molecule has 3 rings (SSSR count). The zero-order chi connectivity index (χ0) is 26.1. The minimum atomic E-state index is -0.649. The van der Waals surface area contributed by atoms with E-state index in [1.54, 1.807) is 32.2 Å². The van der Waals surface area contributed by atoms with Crippen LogP contribution in [0.25, 0.3) is 10.9 Å². The SMILES string of the molecule is C=C(/C=C\C1=C(C)C(=O)N(C)C1)OC.CN[C@@H](C#Cc1ccc2c(CN(C)C)[nH]nc2c1)C(N)=O. The minimum absolute atomic E-state index is 0.0904. The quantitative estimate of drug-likeness (QED) is 0.316. The molecule has 0 bridgehead atoms. The van der Waals surface area contributed by atoms with Gasteiger partial charge in [0.1, 0.15) is 11.8 Å². The molecule has 4 N–H and O–H groups in total. The summed E-state index contributed by atoms with van der Waals surface area (Å²) in [5, 5.41) is 11.2. The zero-order valence-electron chi connectivity index (χ0n) is 21.2. The Morgan fingerprint density at radius 1 is 1.46 bits per heavy atom. The van der Waals surface area contributed by atoms with Crippen LogP contribution in [0.5, 0.6) is 0 Å². The molecule has 0 aliphatic carbocycles. The minimum Gasteiger partial charge on any atom is -0.497 e. The van der Waals surface area contributed by atoms with E-state index in [4.69, 9.17) is 10.5 Å². The first-order valence-electron chi connectivity index (χ1n) is 11.0. The molecule has 0 saturated heterocycles. The zero-order valence-corrected chi connectivity index (χ0v) is 21.2. The van der Waals surface area contributed by atoms with E-state index in [1.807, 2.05) is 45.3 Å². The van der Waals surface area contributed by atoms with Gasteiger partial charge in [-0.15, -0.1) is 0 Å². The normalized spacial score (nSPS) is 14.1. The van der Waals surface area contributed by atoms with E-state index in [-0.39, 0.29) is 5.91 Å². The molecule has 0 unspecified atom stereocenters. The molecule has 1 aromatic heterocycles. The molecule has 0 fully saturated rings. The number of carbonyl (C=O) groups excluding carboxylic acids is 2. The maximum atomic E-state index is 11.4. The highest BCUT2D eigenvalue weighted by Crippen LogP contribution is 2.19. The topological polar surface area (TPSA) is 117 Å². The molecular formula is C26H34N6O3. The molecule has 2 amide bonds. The number of hydrogen-bond donors (Lipinski definition) is 3. The second-order valence-electron chi connectivity index (χ2n) is 8.38. The Kier molecular flexibility index (Phi) is 9.82. The van der Waals surface area contributed by atoms with Gasteiger partial charge in [-0.2, -0.15) is 5.10 Å². The Morgan fingerprint density at radius 2 is 2.17 bits per heavy atom. The van der Waals surface area contributed by atoms with Crippen LogP contribution in [0.3, 0.4) is 0 Å². The van der Waals surface area contributed by atoms with Gasteiger partial charge >= 0.3 is 0 Å². The van der Waals surface area contributed by atoms with Crippen LogP contribution in [-0.4, -0.2) is 79.7 Å². The monoisotopic (exact) mass is 478 g/mol. The molecule has 186 valence electrons. The van der Waals surface area contributed by atoms with Gasteiger partial charge in [-0.05, 0) is 57.9 Å². The average Bonchev–Trinajstić information content (AvgIpc) is 3.32. The molecule has 1 aromatic carbocycles. The van der Waals surface area contributed by atoms with Gasteiger partial charge in [-0.25, -0.2) is 0 Å². The second kappa shape index (κ2) is 12.6. The van der Waals surface area contributed by atoms with Crippen molar-refractivity contribution in [1.29, 1.82) is 0 Å². The lowest BCUT2D eigenvalue weighted by molar-refractivity contribution is -0.124. The molecule has 2 aromatic rings. The number of nitrogens with two attached hydrogens (primary N) is 1. The number of likely N-dealkylation sites (N-methyl/N-ethyl adjacent to an activating group) is 2. The number of carbonyl (C=O) groups is 2. The van der Waals surface area contributed by atoms with Crippen molar-refractivity contribution in [2.45, 2.75) is 19.5 Å². The number of amides is 2.